The molecule has 6 nitrogen and oxygen atoms in total. The number of hydrogen-bond donors (Lipinski definition) is 2. The number of nitrogens with two attached hydrogens (primary N) is 1. The van der Waals surface area contributed by atoms with Crippen molar-refractivity contribution < 1.29 is 14.3 Å². The van der Waals surface area contributed by atoms with E-state index < -0.39 is 0 Å². The lowest BCUT2D eigenvalue weighted by Crippen LogP contribution is -2.46. The van der Waals surface area contributed by atoms with Crippen LogP contribution in [0.3, 0.4) is 0 Å². The summed E-state index contributed by atoms with van der Waals surface area (Å²) in [6.07, 6.45) is 2.76. The fourth-order valence-electron chi connectivity index (χ4n) is 3.07. The zero-order valence-corrected chi connectivity index (χ0v) is 14.3. The van der Waals surface area contributed by atoms with Gasteiger partial charge >= 0.3 is 0 Å². The van der Waals surface area contributed by atoms with Crippen molar-refractivity contribution in [3.63, 3.8) is 0 Å². The van der Waals surface area contributed by atoms with E-state index in [0.29, 0.717) is 32.5 Å². The van der Waals surface area contributed by atoms with Gasteiger partial charge in [0.15, 0.2) is 0 Å². The first-order valence-electron chi connectivity index (χ1n) is 8.53. The van der Waals surface area contributed by atoms with Crippen molar-refractivity contribution in [2.45, 2.75) is 25.7 Å². The molecule has 0 spiro atoms. The summed E-state index contributed by atoms with van der Waals surface area (Å²) in [7, 11) is 1.63. The van der Waals surface area contributed by atoms with Crippen LogP contribution in [0, 0.1) is 5.92 Å². The van der Waals surface area contributed by atoms with E-state index in [1.54, 1.807) is 7.11 Å². The summed E-state index contributed by atoms with van der Waals surface area (Å²) in [6.45, 7) is 2.14. The molecule has 0 aliphatic carbocycles. The van der Waals surface area contributed by atoms with Gasteiger partial charge in [0.25, 0.3) is 0 Å². The average molecular weight is 333 g/mol. The number of rotatable bonds is 7. The lowest BCUT2D eigenvalue weighted by molar-refractivity contribution is -0.135. The van der Waals surface area contributed by atoms with Gasteiger partial charge in [-0.15, -0.1) is 0 Å². The highest BCUT2D eigenvalue weighted by atomic mass is 16.5. The Morgan fingerprint density at radius 3 is 2.92 bits per heavy atom. The molecule has 132 valence electrons. The minimum Gasteiger partial charge on any atom is -0.496 e. The molecule has 0 saturated carbocycles. The van der Waals surface area contributed by atoms with Gasteiger partial charge in [0.1, 0.15) is 5.75 Å². The van der Waals surface area contributed by atoms with Crippen LogP contribution >= 0.6 is 0 Å². The number of para-hydroxylation sites is 1. The largest absolute Gasteiger partial charge is 0.496 e. The molecule has 1 heterocycles. The average Bonchev–Trinajstić information content (AvgIpc) is 2.64. The summed E-state index contributed by atoms with van der Waals surface area (Å²) in [5.41, 5.74) is 6.44. The molecule has 2 amide bonds. The molecule has 2 rings (SSSR count). The third-order valence-electron chi connectivity index (χ3n) is 4.39. The van der Waals surface area contributed by atoms with Gasteiger partial charge in [0.2, 0.25) is 11.8 Å². The van der Waals surface area contributed by atoms with E-state index in [2.05, 4.69) is 5.32 Å². The van der Waals surface area contributed by atoms with Gasteiger partial charge in [0.05, 0.1) is 13.0 Å². The lowest BCUT2D eigenvalue weighted by Gasteiger charge is -2.32. The van der Waals surface area contributed by atoms with E-state index in [0.717, 1.165) is 30.7 Å². The molecule has 1 saturated heterocycles. The molecule has 1 aliphatic rings. The first-order chi connectivity index (χ1) is 11.7. The van der Waals surface area contributed by atoms with Gasteiger partial charge in [-0.1, -0.05) is 18.2 Å². The van der Waals surface area contributed by atoms with Crippen molar-refractivity contribution in [1.82, 2.24) is 10.2 Å². The Morgan fingerprint density at radius 1 is 1.38 bits per heavy atom. The zero-order chi connectivity index (χ0) is 17.4. The third-order valence-corrected chi connectivity index (χ3v) is 4.39. The maximum Gasteiger partial charge on any atom is 0.224 e. The van der Waals surface area contributed by atoms with Crippen LogP contribution in [0.15, 0.2) is 24.3 Å². The van der Waals surface area contributed by atoms with Crippen molar-refractivity contribution in [3.05, 3.63) is 29.8 Å². The summed E-state index contributed by atoms with van der Waals surface area (Å²) in [5.74, 6) is 0.781. The first kappa shape index (κ1) is 18.3. The summed E-state index contributed by atoms with van der Waals surface area (Å²) in [4.78, 5) is 26.4. The molecule has 1 fully saturated rings. The minimum absolute atomic E-state index is 0.00248. The number of amides is 2. The molecule has 1 aliphatic heterocycles. The fourth-order valence-corrected chi connectivity index (χ4v) is 3.07. The highest BCUT2D eigenvalue weighted by Crippen LogP contribution is 2.21. The highest BCUT2D eigenvalue weighted by Gasteiger charge is 2.27. The van der Waals surface area contributed by atoms with E-state index >= 15 is 0 Å². The Bertz CT molecular complexity index is 562. The molecular weight excluding hydrogens is 306 g/mol. The second-order valence-electron chi connectivity index (χ2n) is 6.07. The Balaban J connectivity index is 1.86. The van der Waals surface area contributed by atoms with Crippen molar-refractivity contribution in [2.24, 2.45) is 11.7 Å². The van der Waals surface area contributed by atoms with Gasteiger partial charge < -0.3 is 20.7 Å². The highest BCUT2D eigenvalue weighted by molar-refractivity contribution is 5.81. The number of hydrogen-bond acceptors (Lipinski definition) is 4. The van der Waals surface area contributed by atoms with Crippen LogP contribution in [-0.2, 0) is 16.0 Å². The summed E-state index contributed by atoms with van der Waals surface area (Å²) < 4.78 is 5.32. The molecule has 1 atom stereocenters. The molecule has 1 aromatic rings. The van der Waals surface area contributed by atoms with Crippen molar-refractivity contribution in [1.29, 1.82) is 0 Å². The number of carbonyl (C=O) groups excluding carboxylic acids is 2. The van der Waals surface area contributed by atoms with Gasteiger partial charge in [-0.25, -0.2) is 0 Å². The molecule has 0 bridgehead atoms. The molecule has 1 aromatic carbocycles. The number of benzene rings is 1. The van der Waals surface area contributed by atoms with Crippen LogP contribution < -0.4 is 15.8 Å². The number of ether oxygens (including phenoxy) is 1. The van der Waals surface area contributed by atoms with Crippen molar-refractivity contribution in [3.8, 4) is 5.75 Å². The first-order valence-corrected chi connectivity index (χ1v) is 8.53. The number of nitrogens with one attached hydrogen (secondary N) is 1. The Morgan fingerprint density at radius 2 is 2.17 bits per heavy atom. The zero-order valence-electron chi connectivity index (χ0n) is 14.3. The molecule has 0 aromatic heterocycles. The topological polar surface area (TPSA) is 84.7 Å². The number of aryl methyl sites for hydroxylation is 1. The SMILES string of the molecule is COc1ccccc1CCC(=O)N1CCCC(C(=O)NCCN)C1. The van der Waals surface area contributed by atoms with E-state index in [-0.39, 0.29) is 17.7 Å². The number of carbonyl (C=O) groups is 2. The molecule has 1 unspecified atom stereocenters. The second-order valence-corrected chi connectivity index (χ2v) is 6.07. The van der Waals surface area contributed by atoms with Gasteiger partial charge in [-0.2, -0.15) is 0 Å². The van der Waals surface area contributed by atoms with E-state index in [9.17, 15) is 9.59 Å². The summed E-state index contributed by atoms with van der Waals surface area (Å²) in [5, 5.41) is 2.82. The summed E-state index contributed by atoms with van der Waals surface area (Å²) >= 11 is 0. The quantitative estimate of drug-likeness (QED) is 0.778. The normalized spacial score (nSPS) is 17.4. The van der Waals surface area contributed by atoms with Crippen LogP contribution in [0.5, 0.6) is 5.75 Å². The van der Waals surface area contributed by atoms with E-state index in [1.165, 1.54) is 0 Å². The fraction of sp³-hybridized carbons (Fsp3) is 0.556. The van der Waals surface area contributed by atoms with Crippen LogP contribution in [0.4, 0.5) is 0 Å². The van der Waals surface area contributed by atoms with E-state index in [4.69, 9.17) is 10.5 Å². The number of piperidine rings is 1. The molecule has 24 heavy (non-hydrogen) atoms. The van der Waals surface area contributed by atoms with Gasteiger partial charge in [0, 0.05) is 32.6 Å². The van der Waals surface area contributed by atoms with Crippen LogP contribution in [-0.4, -0.2) is 50.0 Å². The number of nitrogens with zero attached hydrogens (tertiary/aromatic N) is 1. The molecule has 0 radical (unpaired) electrons. The lowest BCUT2D eigenvalue weighted by atomic mass is 9.96. The smallest absolute Gasteiger partial charge is 0.224 e. The summed E-state index contributed by atoms with van der Waals surface area (Å²) in [6, 6.07) is 7.74. The molecular formula is C18H27N3O3. The van der Waals surface area contributed by atoms with Crippen molar-refractivity contribution in [2.75, 3.05) is 33.3 Å². The predicted molar refractivity (Wildman–Crippen MR) is 92.7 cm³/mol. The Labute approximate surface area is 143 Å². The van der Waals surface area contributed by atoms with Crippen LogP contribution in [0.1, 0.15) is 24.8 Å². The standard InChI is InChI=1S/C18H27N3O3/c1-24-16-7-3-2-5-14(16)8-9-17(22)21-12-4-6-15(13-21)18(23)20-11-10-19/h2-3,5,7,15H,4,6,8-13,19H2,1H3,(H,20,23). The number of likely N-dealkylation sites (tertiary alicyclic amines) is 1. The molecule has 3 N–H and O–H groups in total. The second kappa shape index (κ2) is 9.27. The predicted octanol–water partition coefficient (Wildman–Crippen LogP) is 0.941. The Hall–Kier alpha value is -2.08. The minimum atomic E-state index is -0.125. The number of methoxy groups -OCH3 is 1. The third kappa shape index (κ3) is 4.96. The monoisotopic (exact) mass is 333 g/mol. The maximum absolute atomic E-state index is 12.5. The molecule has 6 heteroatoms. The Kier molecular flexibility index (Phi) is 7.06. The van der Waals surface area contributed by atoms with Crippen LogP contribution in [0.25, 0.3) is 0 Å². The van der Waals surface area contributed by atoms with Gasteiger partial charge in [-0.3, -0.25) is 9.59 Å². The van der Waals surface area contributed by atoms with Gasteiger partial charge in [-0.05, 0) is 30.9 Å². The van der Waals surface area contributed by atoms with Crippen molar-refractivity contribution >= 4 is 11.8 Å². The maximum atomic E-state index is 12.5. The van der Waals surface area contributed by atoms with E-state index in [1.807, 2.05) is 29.2 Å². The van der Waals surface area contributed by atoms with Crippen LogP contribution in [0.2, 0.25) is 0 Å².